The average Bonchev–Trinajstić information content (AvgIpc) is 2.96. The van der Waals surface area contributed by atoms with Crippen molar-refractivity contribution in [2.75, 3.05) is 18.0 Å². The summed E-state index contributed by atoms with van der Waals surface area (Å²) < 4.78 is 11.6. The number of pyridine rings is 1. The molecule has 6 nitrogen and oxygen atoms in total. The summed E-state index contributed by atoms with van der Waals surface area (Å²) in [4.78, 5) is 14.9. The molecule has 0 saturated carbocycles. The van der Waals surface area contributed by atoms with E-state index in [1.807, 2.05) is 26.0 Å². The van der Waals surface area contributed by atoms with Gasteiger partial charge in [0.2, 0.25) is 5.88 Å². The average molecular weight is 300 g/mol. The zero-order chi connectivity index (χ0) is 15.4. The second-order valence-electron chi connectivity index (χ2n) is 5.54. The third-order valence-electron chi connectivity index (χ3n) is 3.38. The minimum Gasteiger partial charge on any atom is -0.488 e. The molecule has 0 amide bonds. The van der Waals surface area contributed by atoms with Crippen LogP contribution in [0, 0.1) is 0 Å². The second kappa shape index (κ2) is 6.60. The Kier molecular flexibility index (Phi) is 4.37. The Hall–Kier alpha value is -2.37. The zero-order valence-electron chi connectivity index (χ0n) is 12.8. The number of aromatic nitrogens is 3. The Morgan fingerprint density at radius 3 is 2.77 bits per heavy atom. The smallest absolute Gasteiger partial charge is 0.234 e. The third kappa shape index (κ3) is 3.63. The largest absolute Gasteiger partial charge is 0.488 e. The molecule has 2 aromatic heterocycles. The zero-order valence-corrected chi connectivity index (χ0v) is 12.8. The molecule has 1 aliphatic rings. The van der Waals surface area contributed by atoms with E-state index in [1.165, 1.54) is 0 Å². The Balaban J connectivity index is 1.62. The molecular formula is C16H20N4O2. The lowest BCUT2D eigenvalue weighted by molar-refractivity contribution is 0.224. The molecule has 1 atom stereocenters. The SMILES string of the molecule is CC(C)Oc1cncc(N2CCC(Oc3ccncc3)C2)n1. The lowest BCUT2D eigenvalue weighted by Gasteiger charge is -2.18. The van der Waals surface area contributed by atoms with Crippen molar-refractivity contribution in [3.8, 4) is 11.6 Å². The topological polar surface area (TPSA) is 60.4 Å². The van der Waals surface area contributed by atoms with E-state index in [0.717, 1.165) is 31.1 Å². The first-order valence-electron chi connectivity index (χ1n) is 7.51. The van der Waals surface area contributed by atoms with Gasteiger partial charge in [0.25, 0.3) is 0 Å². The van der Waals surface area contributed by atoms with Crippen molar-refractivity contribution in [1.29, 1.82) is 0 Å². The Morgan fingerprint density at radius 2 is 2.00 bits per heavy atom. The molecule has 0 aromatic carbocycles. The first-order chi connectivity index (χ1) is 10.7. The van der Waals surface area contributed by atoms with Gasteiger partial charge in [-0.25, -0.2) is 0 Å². The van der Waals surface area contributed by atoms with E-state index in [4.69, 9.17) is 9.47 Å². The molecule has 0 aliphatic carbocycles. The fraction of sp³-hybridized carbons (Fsp3) is 0.438. The summed E-state index contributed by atoms with van der Waals surface area (Å²) in [6.45, 7) is 5.64. The molecule has 0 radical (unpaired) electrons. The summed E-state index contributed by atoms with van der Waals surface area (Å²) >= 11 is 0. The molecule has 116 valence electrons. The Bertz CT molecular complexity index is 606. The van der Waals surface area contributed by atoms with Gasteiger partial charge >= 0.3 is 0 Å². The molecular weight excluding hydrogens is 280 g/mol. The first kappa shape index (κ1) is 14.6. The van der Waals surface area contributed by atoms with Crippen LogP contribution in [0.5, 0.6) is 11.6 Å². The molecule has 22 heavy (non-hydrogen) atoms. The second-order valence-corrected chi connectivity index (χ2v) is 5.54. The van der Waals surface area contributed by atoms with Gasteiger partial charge in [-0.05, 0) is 26.0 Å². The van der Waals surface area contributed by atoms with E-state index in [0.29, 0.717) is 5.88 Å². The predicted molar refractivity (Wildman–Crippen MR) is 83.3 cm³/mol. The van der Waals surface area contributed by atoms with E-state index in [9.17, 15) is 0 Å². The highest BCUT2D eigenvalue weighted by Crippen LogP contribution is 2.23. The first-order valence-corrected chi connectivity index (χ1v) is 7.51. The summed E-state index contributed by atoms with van der Waals surface area (Å²) in [5, 5.41) is 0. The maximum atomic E-state index is 5.96. The van der Waals surface area contributed by atoms with E-state index in [1.54, 1.807) is 24.8 Å². The van der Waals surface area contributed by atoms with Crippen LogP contribution in [0.3, 0.4) is 0 Å². The predicted octanol–water partition coefficient (Wildman–Crippen LogP) is 2.32. The normalized spacial score (nSPS) is 17.8. The van der Waals surface area contributed by atoms with Gasteiger partial charge in [0.1, 0.15) is 11.9 Å². The fourth-order valence-corrected chi connectivity index (χ4v) is 2.43. The molecule has 2 aromatic rings. The summed E-state index contributed by atoms with van der Waals surface area (Å²) in [6, 6.07) is 3.75. The van der Waals surface area contributed by atoms with Gasteiger partial charge < -0.3 is 14.4 Å². The van der Waals surface area contributed by atoms with Gasteiger partial charge in [-0.2, -0.15) is 4.98 Å². The molecule has 1 fully saturated rings. The van der Waals surface area contributed by atoms with Crippen molar-refractivity contribution in [2.24, 2.45) is 0 Å². The summed E-state index contributed by atoms with van der Waals surface area (Å²) in [6.07, 6.45) is 8.08. The van der Waals surface area contributed by atoms with Crippen molar-refractivity contribution < 1.29 is 9.47 Å². The summed E-state index contributed by atoms with van der Waals surface area (Å²) in [5.74, 6) is 2.25. The van der Waals surface area contributed by atoms with Crippen LogP contribution >= 0.6 is 0 Å². The van der Waals surface area contributed by atoms with Crippen LogP contribution in [0.4, 0.5) is 5.82 Å². The van der Waals surface area contributed by atoms with E-state index < -0.39 is 0 Å². The van der Waals surface area contributed by atoms with E-state index >= 15 is 0 Å². The van der Waals surface area contributed by atoms with E-state index in [-0.39, 0.29) is 12.2 Å². The number of nitrogens with zero attached hydrogens (tertiary/aromatic N) is 4. The van der Waals surface area contributed by atoms with Crippen LogP contribution in [0.25, 0.3) is 0 Å². The van der Waals surface area contributed by atoms with Crippen molar-refractivity contribution >= 4 is 5.82 Å². The number of rotatable bonds is 5. The highest BCUT2D eigenvalue weighted by atomic mass is 16.5. The number of ether oxygens (including phenoxy) is 2. The number of hydrogen-bond acceptors (Lipinski definition) is 6. The molecule has 6 heteroatoms. The maximum Gasteiger partial charge on any atom is 0.234 e. The van der Waals surface area contributed by atoms with E-state index in [2.05, 4.69) is 19.9 Å². The molecule has 0 N–H and O–H groups in total. The molecule has 0 spiro atoms. The molecule has 0 bridgehead atoms. The molecule has 1 unspecified atom stereocenters. The van der Waals surface area contributed by atoms with Gasteiger partial charge in [-0.15, -0.1) is 0 Å². The lowest BCUT2D eigenvalue weighted by atomic mass is 10.3. The number of anilines is 1. The quantitative estimate of drug-likeness (QED) is 0.844. The van der Waals surface area contributed by atoms with Crippen LogP contribution in [-0.4, -0.2) is 40.2 Å². The fourth-order valence-electron chi connectivity index (χ4n) is 2.43. The Labute approximate surface area is 130 Å². The monoisotopic (exact) mass is 300 g/mol. The van der Waals surface area contributed by atoms with Crippen molar-refractivity contribution in [2.45, 2.75) is 32.5 Å². The van der Waals surface area contributed by atoms with Crippen LogP contribution in [0.2, 0.25) is 0 Å². The minimum atomic E-state index is 0.0888. The standard InChI is InChI=1S/C16H20N4O2/c1-12(2)21-16-10-18-9-15(19-16)20-8-5-14(11-20)22-13-3-6-17-7-4-13/h3-4,6-7,9-10,12,14H,5,8,11H2,1-2H3. The van der Waals surface area contributed by atoms with Gasteiger partial charge in [0.15, 0.2) is 5.82 Å². The van der Waals surface area contributed by atoms with Gasteiger partial charge in [0, 0.05) is 25.4 Å². The van der Waals surface area contributed by atoms with Crippen molar-refractivity contribution in [1.82, 2.24) is 15.0 Å². The van der Waals surface area contributed by atoms with Crippen LogP contribution in [0.15, 0.2) is 36.9 Å². The Morgan fingerprint density at radius 1 is 1.18 bits per heavy atom. The van der Waals surface area contributed by atoms with Gasteiger partial charge in [-0.3, -0.25) is 9.97 Å². The lowest BCUT2D eigenvalue weighted by Crippen LogP contribution is -2.25. The third-order valence-corrected chi connectivity index (χ3v) is 3.38. The number of hydrogen-bond donors (Lipinski definition) is 0. The summed E-state index contributed by atoms with van der Waals surface area (Å²) in [5.41, 5.74) is 0. The van der Waals surface area contributed by atoms with Crippen LogP contribution in [0.1, 0.15) is 20.3 Å². The van der Waals surface area contributed by atoms with Crippen molar-refractivity contribution in [3.05, 3.63) is 36.9 Å². The molecule has 3 rings (SSSR count). The minimum absolute atomic E-state index is 0.0888. The van der Waals surface area contributed by atoms with Gasteiger partial charge in [-0.1, -0.05) is 0 Å². The highest BCUT2D eigenvalue weighted by Gasteiger charge is 2.25. The van der Waals surface area contributed by atoms with Gasteiger partial charge in [0.05, 0.1) is 25.0 Å². The maximum absolute atomic E-state index is 5.96. The van der Waals surface area contributed by atoms with Crippen molar-refractivity contribution in [3.63, 3.8) is 0 Å². The highest BCUT2D eigenvalue weighted by molar-refractivity contribution is 5.39. The summed E-state index contributed by atoms with van der Waals surface area (Å²) in [7, 11) is 0. The molecule has 3 heterocycles. The van der Waals surface area contributed by atoms with Crippen LogP contribution < -0.4 is 14.4 Å². The molecule has 1 aliphatic heterocycles. The van der Waals surface area contributed by atoms with Crippen LogP contribution in [-0.2, 0) is 0 Å². The molecule has 1 saturated heterocycles.